The summed E-state index contributed by atoms with van der Waals surface area (Å²) in [5, 5.41) is 11.5. The smallest absolute Gasteiger partial charge is 0.407 e. The number of amides is 1. The lowest BCUT2D eigenvalue weighted by atomic mass is 10.2. The Balaban J connectivity index is 3.53. The number of nitrogens with one attached hydrogen (secondary N) is 1. The monoisotopic (exact) mass is 189 g/mol. The largest absolute Gasteiger partial charge is 0.444 e. The van der Waals surface area contributed by atoms with Crippen LogP contribution in [0.5, 0.6) is 0 Å². The van der Waals surface area contributed by atoms with E-state index in [1.54, 1.807) is 27.7 Å². The third-order valence-corrected chi connectivity index (χ3v) is 1.23. The van der Waals surface area contributed by atoms with Gasteiger partial charge in [0.05, 0.1) is 6.10 Å². The Morgan fingerprint density at radius 3 is 2.46 bits per heavy atom. The molecule has 0 aromatic carbocycles. The first-order valence-corrected chi connectivity index (χ1v) is 4.46. The van der Waals surface area contributed by atoms with E-state index in [0.29, 0.717) is 13.0 Å². The summed E-state index contributed by atoms with van der Waals surface area (Å²) in [6, 6.07) is 0. The van der Waals surface area contributed by atoms with E-state index >= 15 is 0 Å². The summed E-state index contributed by atoms with van der Waals surface area (Å²) in [6.45, 7) is 7.53. The molecule has 78 valence electrons. The van der Waals surface area contributed by atoms with E-state index < -0.39 is 17.8 Å². The third kappa shape index (κ3) is 9.14. The summed E-state index contributed by atoms with van der Waals surface area (Å²) in [6.07, 6.45) is -0.290. The number of alkyl carbamates (subject to hydrolysis) is 1. The molecule has 4 nitrogen and oxygen atoms in total. The Morgan fingerprint density at radius 2 is 2.08 bits per heavy atom. The van der Waals surface area contributed by atoms with Crippen LogP contribution in [0.1, 0.15) is 34.1 Å². The number of carbonyl (C=O) groups excluding carboxylic acids is 1. The number of rotatable bonds is 3. The van der Waals surface area contributed by atoms with E-state index in [-0.39, 0.29) is 0 Å². The van der Waals surface area contributed by atoms with Gasteiger partial charge in [0, 0.05) is 6.54 Å². The van der Waals surface area contributed by atoms with Gasteiger partial charge in [0.1, 0.15) is 5.60 Å². The Morgan fingerprint density at radius 1 is 1.54 bits per heavy atom. The second-order valence-corrected chi connectivity index (χ2v) is 4.07. The highest BCUT2D eigenvalue weighted by Crippen LogP contribution is 2.06. The number of carbonyl (C=O) groups is 1. The molecule has 0 fully saturated rings. The molecule has 1 atom stereocenters. The van der Waals surface area contributed by atoms with Gasteiger partial charge in [-0.15, -0.1) is 0 Å². The van der Waals surface area contributed by atoms with Crippen LogP contribution in [-0.2, 0) is 4.74 Å². The van der Waals surface area contributed by atoms with Crippen LogP contribution in [0.3, 0.4) is 0 Å². The fourth-order valence-electron chi connectivity index (χ4n) is 0.697. The van der Waals surface area contributed by atoms with Crippen molar-refractivity contribution in [3.63, 3.8) is 0 Å². The first-order chi connectivity index (χ1) is 5.81. The fourth-order valence-corrected chi connectivity index (χ4v) is 0.697. The number of hydrogen-bond donors (Lipinski definition) is 2. The summed E-state index contributed by atoms with van der Waals surface area (Å²) in [5.41, 5.74) is -0.463. The highest BCUT2D eigenvalue weighted by Gasteiger charge is 2.15. The standard InChI is InChI=1S/C9H19NO3/c1-7(11)5-6-10-8(12)13-9(2,3)4/h7,11H,5-6H2,1-4H3,(H,10,12)/t7-/m1/s1. The van der Waals surface area contributed by atoms with Gasteiger partial charge in [-0.05, 0) is 34.1 Å². The first-order valence-electron chi connectivity index (χ1n) is 4.46. The van der Waals surface area contributed by atoms with Gasteiger partial charge in [-0.1, -0.05) is 0 Å². The Labute approximate surface area is 79.3 Å². The predicted molar refractivity (Wildman–Crippen MR) is 50.5 cm³/mol. The quantitative estimate of drug-likeness (QED) is 0.703. The van der Waals surface area contributed by atoms with E-state index in [4.69, 9.17) is 9.84 Å². The highest BCUT2D eigenvalue weighted by atomic mass is 16.6. The van der Waals surface area contributed by atoms with Crippen molar-refractivity contribution in [2.24, 2.45) is 0 Å². The van der Waals surface area contributed by atoms with Gasteiger partial charge in [-0.2, -0.15) is 0 Å². The Bertz CT molecular complexity index is 161. The van der Waals surface area contributed by atoms with Crippen LogP contribution in [-0.4, -0.2) is 29.4 Å². The van der Waals surface area contributed by atoms with E-state index in [0.717, 1.165) is 0 Å². The van der Waals surface area contributed by atoms with Crippen molar-refractivity contribution >= 4 is 6.09 Å². The molecule has 0 aromatic rings. The number of aliphatic hydroxyl groups excluding tert-OH is 1. The van der Waals surface area contributed by atoms with Crippen LogP contribution in [0.15, 0.2) is 0 Å². The molecule has 0 saturated heterocycles. The normalized spacial score (nSPS) is 13.6. The molecule has 0 saturated carbocycles. The van der Waals surface area contributed by atoms with Crippen molar-refractivity contribution in [1.82, 2.24) is 5.32 Å². The topological polar surface area (TPSA) is 58.6 Å². The average Bonchev–Trinajstić information content (AvgIpc) is 1.81. The first kappa shape index (κ1) is 12.2. The second kappa shape index (κ2) is 5.07. The lowest BCUT2D eigenvalue weighted by Crippen LogP contribution is -2.33. The number of aliphatic hydroxyl groups is 1. The minimum Gasteiger partial charge on any atom is -0.444 e. The van der Waals surface area contributed by atoms with Crippen molar-refractivity contribution < 1.29 is 14.6 Å². The van der Waals surface area contributed by atoms with Gasteiger partial charge < -0.3 is 15.2 Å². The molecule has 0 unspecified atom stereocenters. The van der Waals surface area contributed by atoms with E-state index in [1.807, 2.05) is 0 Å². The van der Waals surface area contributed by atoms with Gasteiger partial charge >= 0.3 is 6.09 Å². The zero-order valence-electron chi connectivity index (χ0n) is 8.76. The molecule has 1 amide bonds. The van der Waals surface area contributed by atoms with E-state index in [1.165, 1.54) is 0 Å². The summed E-state index contributed by atoms with van der Waals surface area (Å²) < 4.78 is 4.99. The maximum Gasteiger partial charge on any atom is 0.407 e. The summed E-state index contributed by atoms with van der Waals surface area (Å²) in [4.78, 5) is 11.0. The lowest BCUT2D eigenvalue weighted by Gasteiger charge is -2.19. The van der Waals surface area contributed by atoms with Crippen LogP contribution in [0.25, 0.3) is 0 Å². The Hall–Kier alpha value is -0.770. The van der Waals surface area contributed by atoms with Crippen LogP contribution >= 0.6 is 0 Å². The number of hydrogen-bond acceptors (Lipinski definition) is 3. The van der Waals surface area contributed by atoms with Crippen molar-refractivity contribution in [3.8, 4) is 0 Å². The van der Waals surface area contributed by atoms with Crippen LogP contribution in [0, 0.1) is 0 Å². The molecule has 0 spiro atoms. The van der Waals surface area contributed by atoms with Crippen molar-refractivity contribution in [3.05, 3.63) is 0 Å². The molecule has 0 rings (SSSR count). The summed E-state index contributed by atoms with van der Waals surface area (Å²) in [7, 11) is 0. The van der Waals surface area contributed by atoms with E-state index in [9.17, 15) is 4.79 Å². The molecule has 0 aliphatic rings. The molecule has 2 N–H and O–H groups in total. The third-order valence-electron chi connectivity index (χ3n) is 1.23. The van der Waals surface area contributed by atoms with Crippen LogP contribution in [0.2, 0.25) is 0 Å². The summed E-state index contributed by atoms with van der Waals surface area (Å²) in [5.74, 6) is 0. The van der Waals surface area contributed by atoms with Gasteiger partial charge in [0.25, 0.3) is 0 Å². The average molecular weight is 189 g/mol. The Kier molecular flexibility index (Phi) is 4.77. The molecular weight excluding hydrogens is 170 g/mol. The second-order valence-electron chi connectivity index (χ2n) is 4.07. The molecule has 13 heavy (non-hydrogen) atoms. The van der Waals surface area contributed by atoms with Crippen molar-refractivity contribution in [2.75, 3.05) is 6.54 Å². The molecular formula is C9H19NO3. The predicted octanol–water partition coefficient (Wildman–Crippen LogP) is 1.28. The molecule has 0 aliphatic carbocycles. The van der Waals surface area contributed by atoms with Gasteiger partial charge in [0.15, 0.2) is 0 Å². The molecule has 0 bridgehead atoms. The van der Waals surface area contributed by atoms with Gasteiger partial charge in [-0.25, -0.2) is 4.79 Å². The fraction of sp³-hybridized carbons (Fsp3) is 0.889. The lowest BCUT2D eigenvalue weighted by molar-refractivity contribution is 0.0520. The molecule has 0 aliphatic heterocycles. The number of ether oxygens (including phenoxy) is 1. The molecule has 0 heterocycles. The maximum absolute atomic E-state index is 11.0. The molecule has 4 heteroatoms. The van der Waals surface area contributed by atoms with Gasteiger partial charge in [-0.3, -0.25) is 0 Å². The van der Waals surface area contributed by atoms with E-state index in [2.05, 4.69) is 5.32 Å². The molecule has 0 aromatic heterocycles. The van der Waals surface area contributed by atoms with Crippen LogP contribution in [0.4, 0.5) is 4.79 Å². The summed E-state index contributed by atoms with van der Waals surface area (Å²) >= 11 is 0. The minimum atomic E-state index is -0.463. The minimum absolute atomic E-state index is 0.394. The SMILES string of the molecule is C[C@@H](O)CCNC(=O)OC(C)(C)C. The highest BCUT2D eigenvalue weighted by molar-refractivity contribution is 5.67. The van der Waals surface area contributed by atoms with Crippen molar-refractivity contribution in [2.45, 2.75) is 45.8 Å². The molecule has 0 radical (unpaired) electrons. The van der Waals surface area contributed by atoms with Gasteiger partial charge in [0.2, 0.25) is 0 Å². The zero-order chi connectivity index (χ0) is 10.5. The van der Waals surface area contributed by atoms with Crippen LogP contribution < -0.4 is 5.32 Å². The van der Waals surface area contributed by atoms with Crippen molar-refractivity contribution in [1.29, 1.82) is 0 Å². The maximum atomic E-state index is 11.0. The zero-order valence-corrected chi connectivity index (χ0v) is 8.76.